The van der Waals surface area contributed by atoms with E-state index in [0.717, 1.165) is 12.1 Å². The molecule has 1 rings (SSSR count). The fraction of sp³-hybridized carbons (Fsp3) is 0.538. The van der Waals surface area contributed by atoms with Crippen LogP contribution < -0.4 is 11.1 Å². The molecule has 0 saturated heterocycles. The second kappa shape index (κ2) is 5.32. The fourth-order valence-electron chi connectivity index (χ4n) is 1.52. The SMILES string of the molecule is CC(C)(C)NCCC(O)c1cccc(N)c1. The number of anilines is 1. The summed E-state index contributed by atoms with van der Waals surface area (Å²) in [5, 5.41) is 13.3. The van der Waals surface area contributed by atoms with E-state index in [-0.39, 0.29) is 5.54 Å². The van der Waals surface area contributed by atoms with E-state index in [4.69, 9.17) is 5.73 Å². The van der Waals surface area contributed by atoms with Crippen molar-refractivity contribution in [1.29, 1.82) is 0 Å². The zero-order valence-corrected chi connectivity index (χ0v) is 10.3. The lowest BCUT2D eigenvalue weighted by molar-refractivity contribution is 0.163. The number of rotatable bonds is 4. The number of aliphatic hydroxyl groups excluding tert-OH is 1. The van der Waals surface area contributed by atoms with Crippen molar-refractivity contribution < 1.29 is 5.11 Å². The maximum atomic E-state index is 9.95. The summed E-state index contributed by atoms with van der Waals surface area (Å²) in [5.74, 6) is 0. The Hall–Kier alpha value is -1.06. The molecule has 1 aromatic carbocycles. The predicted molar refractivity (Wildman–Crippen MR) is 68.2 cm³/mol. The van der Waals surface area contributed by atoms with Gasteiger partial charge in [0, 0.05) is 11.2 Å². The summed E-state index contributed by atoms with van der Waals surface area (Å²) in [5.41, 5.74) is 7.34. The summed E-state index contributed by atoms with van der Waals surface area (Å²) < 4.78 is 0. The molecular formula is C13H22N2O. The minimum absolute atomic E-state index is 0.0927. The molecular weight excluding hydrogens is 200 g/mol. The topological polar surface area (TPSA) is 58.3 Å². The van der Waals surface area contributed by atoms with Crippen LogP contribution in [0.15, 0.2) is 24.3 Å². The Kier molecular flexibility index (Phi) is 4.33. The van der Waals surface area contributed by atoms with E-state index in [2.05, 4.69) is 26.1 Å². The van der Waals surface area contributed by atoms with Crippen LogP contribution >= 0.6 is 0 Å². The van der Waals surface area contributed by atoms with Gasteiger partial charge in [-0.15, -0.1) is 0 Å². The third kappa shape index (κ3) is 4.64. The first-order valence-electron chi connectivity index (χ1n) is 5.67. The molecule has 0 fully saturated rings. The van der Waals surface area contributed by atoms with Gasteiger partial charge >= 0.3 is 0 Å². The fourth-order valence-corrected chi connectivity index (χ4v) is 1.52. The molecule has 1 unspecified atom stereocenters. The van der Waals surface area contributed by atoms with Crippen LogP contribution in [-0.2, 0) is 0 Å². The zero-order chi connectivity index (χ0) is 12.2. The van der Waals surface area contributed by atoms with Gasteiger partial charge < -0.3 is 16.2 Å². The first-order valence-corrected chi connectivity index (χ1v) is 5.67. The summed E-state index contributed by atoms with van der Waals surface area (Å²) in [6, 6.07) is 7.41. The molecule has 3 nitrogen and oxygen atoms in total. The quantitative estimate of drug-likeness (QED) is 0.684. The van der Waals surface area contributed by atoms with E-state index in [0.29, 0.717) is 12.1 Å². The molecule has 0 aliphatic heterocycles. The predicted octanol–water partition coefficient (Wildman–Crippen LogP) is 2.08. The molecule has 1 atom stereocenters. The third-order valence-corrected chi connectivity index (χ3v) is 2.37. The van der Waals surface area contributed by atoms with E-state index >= 15 is 0 Å². The van der Waals surface area contributed by atoms with Gasteiger partial charge in [0.05, 0.1) is 6.10 Å². The van der Waals surface area contributed by atoms with Crippen LogP contribution in [0.4, 0.5) is 5.69 Å². The minimum Gasteiger partial charge on any atom is -0.399 e. The highest BCUT2D eigenvalue weighted by Gasteiger charge is 2.11. The van der Waals surface area contributed by atoms with Gasteiger partial charge in [0.15, 0.2) is 0 Å². The van der Waals surface area contributed by atoms with Crippen molar-refractivity contribution in [3.63, 3.8) is 0 Å². The Bertz CT molecular complexity index is 331. The van der Waals surface area contributed by atoms with E-state index in [9.17, 15) is 5.11 Å². The van der Waals surface area contributed by atoms with E-state index < -0.39 is 6.10 Å². The number of hydrogen-bond acceptors (Lipinski definition) is 3. The summed E-state index contributed by atoms with van der Waals surface area (Å²) >= 11 is 0. The van der Waals surface area contributed by atoms with Gasteiger partial charge in [-0.25, -0.2) is 0 Å². The van der Waals surface area contributed by atoms with Crippen LogP contribution in [0.5, 0.6) is 0 Å². The van der Waals surface area contributed by atoms with Gasteiger partial charge in [0.1, 0.15) is 0 Å². The van der Waals surface area contributed by atoms with Gasteiger partial charge in [-0.1, -0.05) is 12.1 Å². The lowest BCUT2D eigenvalue weighted by Crippen LogP contribution is -2.36. The number of hydrogen-bond donors (Lipinski definition) is 3. The molecule has 0 bridgehead atoms. The Morgan fingerprint density at radius 3 is 2.62 bits per heavy atom. The zero-order valence-electron chi connectivity index (χ0n) is 10.3. The highest BCUT2D eigenvalue weighted by molar-refractivity contribution is 5.41. The van der Waals surface area contributed by atoms with Crippen molar-refractivity contribution in [2.75, 3.05) is 12.3 Å². The van der Waals surface area contributed by atoms with Crippen molar-refractivity contribution in [3.05, 3.63) is 29.8 Å². The molecule has 0 aliphatic rings. The number of benzene rings is 1. The molecule has 0 radical (unpaired) electrons. The summed E-state index contributed by atoms with van der Waals surface area (Å²) in [7, 11) is 0. The van der Waals surface area contributed by atoms with Gasteiger partial charge in [-0.3, -0.25) is 0 Å². The van der Waals surface area contributed by atoms with Crippen molar-refractivity contribution in [3.8, 4) is 0 Å². The van der Waals surface area contributed by atoms with Crippen LogP contribution in [0.3, 0.4) is 0 Å². The van der Waals surface area contributed by atoms with E-state index in [1.165, 1.54) is 0 Å². The second-order valence-corrected chi connectivity index (χ2v) is 5.15. The number of nitrogens with one attached hydrogen (secondary N) is 1. The number of nitrogen functional groups attached to an aromatic ring is 1. The molecule has 4 N–H and O–H groups in total. The highest BCUT2D eigenvalue weighted by Crippen LogP contribution is 2.18. The van der Waals surface area contributed by atoms with Gasteiger partial charge in [-0.05, 0) is 51.4 Å². The van der Waals surface area contributed by atoms with Crippen molar-refractivity contribution in [2.24, 2.45) is 0 Å². The lowest BCUT2D eigenvalue weighted by atomic mass is 10.0. The van der Waals surface area contributed by atoms with Gasteiger partial charge in [0.2, 0.25) is 0 Å². The summed E-state index contributed by atoms with van der Waals surface area (Å²) in [6.07, 6.45) is 0.249. The summed E-state index contributed by atoms with van der Waals surface area (Å²) in [4.78, 5) is 0. The first-order chi connectivity index (χ1) is 7.38. The Morgan fingerprint density at radius 2 is 2.06 bits per heavy atom. The Balaban J connectivity index is 2.44. The molecule has 0 spiro atoms. The molecule has 0 saturated carbocycles. The van der Waals surface area contributed by atoms with Crippen molar-refractivity contribution >= 4 is 5.69 Å². The standard InChI is InChI=1S/C13H22N2O/c1-13(2,3)15-8-7-12(16)10-5-4-6-11(14)9-10/h4-6,9,12,15-16H,7-8,14H2,1-3H3. The minimum atomic E-state index is -0.446. The summed E-state index contributed by atoms with van der Waals surface area (Å²) in [6.45, 7) is 7.12. The largest absolute Gasteiger partial charge is 0.399 e. The van der Waals surface area contributed by atoms with Crippen LogP contribution in [0.2, 0.25) is 0 Å². The molecule has 90 valence electrons. The number of nitrogens with two attached hydrogens (primary N) is 1. The average molecular weight is 222 g/mol. The van der Waals surface area contributed by atoms with Crippen molar-refractivity contribution in [2.45, 2.75) is 38.8 Å². The molecule has 1 aromatic rings. The Labute approximate surface area is 97.7 Å². The van der Waals surface area contributed by atoms with Crippen LogP contribution in [-0.4, -0.2) is 17.2 Å². The van der Waals surface area contributed by atoms with Crippen LogP contribution in [0, 0.1) is 0 Å². The first kappa shape index (κ1) is 13.0. The Morgan fingerprint density at radius 1 is 1.38 bits per heavy atom. The van der Waals surface area contributed by atoms with Crippen LogP contribution in [0.25, 0.3) is 0 Å². The maximum Gasteiger partial charge on any atom is 0.0802 e. The average Bonchev–Trinajstić information content (AvgIpc) is 2.15. The smallest absolute Gasteiger partial charge is 0.0802 e. The molecule has 0 heterocycles. The second-order valence-electron chi connectivity index (χ2n) is 5.15. The van der Waals surface area contributed by atoms with Gasteiger partial charge in [0.25, 0.3) is 0 Å². The molecule has 16 heavy (non-hydrogen) atoms. The number of aliphatic hydroxyl groups is 1. The lowest BCUT2D eigenvalue weighted by Gasteiger charge is -2.21. The molecule has 3 heteroatoms. The van der Waals surface area contributed by atoms with E-state index in [1.807, 2.05) is 24.3 Å². The van der Waals surface area contributed by atoms with Crippen molar-refractivity contribution in [1.82, 2.24) is 5.32 Å². The maximum absolute atomic E-state index is 9.95. The molecule has 0 aromatic heterocycles. The third-order valence-electron chi connectivity index (χ3n) is 2.37. The highest BCUT2D eigenvalue weighted by atomic mass is 16.3. The normalized spacial score (nSPS) is 13.8. The van der Waals surface area contributed by atoms with E-state index in [1.54, 1.807) is 0 Å². The monoisotopic (exact) mass is 222 g/mol. The molecule has 0 amide bonds. The molecule has 0 aliphatic carbocycles. The van der Waals surface area contributed by atoms with Gasteiger partial charge in [-0.2, -0.15) is 0 Å². The van der Waals surface area contributed by atoms with Crippen LogP contribution in [0.1, 0.15) is 38.9 Å².